The molecule has 126 valence electrons. The fraction of sp³-hybridized carbons (Fsp3) is 0.500. The third kappa shape index (κ3) is 2.87. The summed E-state index contributed by atoms with van der Waals surface area (Å²) in [6.45, 7) is 4.11. The summed E-state index contributed by atoms with van der Waals surface area (Å²) in [5, 5.41) is 0.783. The van der Waals surface area contributed by atoms with Crippen LogP contribution in [0.5, 0.6) is 0 Å². The van der Waals surface area contributed by atoms with Crippen molar-refractivity contribution in [2.75, 3.05) is 40.3 Å². The molecular formula is C18H23ClN5+. The van der Waals surface area contributed by atoms with Gasteiger partial charge in [-0.2, -0.15) is 0 Å². The number of aliphatic imine (C=N–C) groups is 2. The number of likely N-dealkylation sites (N-methyl/N-ethyl adjacent to an activating group) is 1. The number of benzene rings is 1. The first-order valence-corrected chi connectivity index (χ1v) is 8.93. The number of fused-ring (bicyclic) bond motifs is 2. The minimum absolute atomic E-state index is 0.301. The second kappa shape index (κ2) is 6.30. The van der Waals surface area contributed by atoms with Crippen LogP contribution in [-0.2, 0) is 6.42 Å². The highest BCUT2D eigenvalue weighted by Gasteiger charge is 2.38. The summed E-state index contributed by atoms with van der Waals surface area (Å²) < 4.78 is 2.20. The van der Waals surface area contributed by atoms with E-state index in [0.29, 0.717) is 6.04 Å². The van der Waals surface area contributed by atoms with Crippen molar-refractivity contribution in [1.29, 1.82) is 0 Å². The summed E-state index contributed by atoms with van der Waals surface area (Å²) in [5.41, 5.74) is 3.38. The molecule has 1 saturated heterocycles. The molecule has 0 radical (unpaired) electrons. The van der Waals surface area contributed by atoms with E-state index in [1.807, 2.05) is 18.5 Å². The standard InChI is InChI=1S/C18H23ClN5/c1-22-7-9-24(10-8-22)18-17-16(23(2)12-20-17)6-3-13-11-14(19)4-5-15(13)21-18/h4-5,11-12,16H,3,6-10H2,1-2H3/q+1. The van der Waals surface area contributed by atoms with Gasteiger partial charge in [0.25, 0.3) is 6.34 Å². The number of aryl methyl sites for hydroxylation is 1. The van der Waals surface area contributed by atoms with Crippen molar-refractivity contribution in [3.8, 4) is 0 Å². The SMILES string of the molecule is CN1CCN(C2=Nc3ccc(Cl)cc3CCC3C2=NC=[N+]3C)CC1. The quantitative estimate of drug-likeness (QED) is 0.675. The molecule has 0 aromatic heterocycles. The van der Waals surface area contributed by atoms with Crippen molar-refractivity contribution < 1.29 is 4.58 Å². The molecule has 1 aromatic carbocycles. The van der Waals surface area contributed by atoms with E-state index in [0.717, 1.165) is 61.3 Å². The molecule has 0 amide bonds. The van der Waals surface area contributed by atoms with Gasteiger partial charge in [-0.05, 0) is 42.2 Å². The molecule has 3 heterocycles. The number of amidine groups is 1. The van der Waals surface area contributed by atoms with Crippen LogP contribution in [0.1, 0.15) is 12.0 Å². The largest absolute Gasteiger partial charge is 0.351 e. The number of hydrogen-bond donors (Lipinski definition) is 0. The molecule has 3 aliphatic rings. The lowest BCUT2D eigenvalue weighted by Crippen LogP contribution is -2.51. The first kappa shape index (κ1) is 15.8. The molecule has 1 aromatic rings. The molecule has 0 saturated carbocycles. The van der Waals surface area contributed by atoms with Crippen LogP contribution >= 0.6 is 11.6 Å². The van der Waals surface area contributed by atoms with Crippen LogP contribution in [0.2, 0.25) is 5.02 Å². The van der Waals surface area contributed by atoms with Gasteiger partial charge < -0.3 is 9.80 Å². The fourth-order valence-electron chi connectivity index (χ4n) is 3.64. The summed E-state index contributed by atoms with van der Waals surface area (Å²) >= 11 is 6.21. The van der Waals surface area contributed by atoms with Crippen LogP contribution < -0.4 is 0 Å². The second-order valence-corrected chi connectivity index (χ2v) is 7.28. The van der Waals surface area contributed by atoms with Gasteiger partial charge in [0.05, 0.1) is 12.7 Å². The van der Waals surface area contributed by atoms with Gasteiger partial charge >= 0.3 is 0 Å². The smallest absolute Gasteiger partial charge is 0.282 e. The Balaban J connectivity index is 1.77. The lowest BCUT2D eigenvalue weighted by Gasteiger charge is -2.34. The molecule has 0 bridgehead atoms. The lowest BCUT2D eigenvalue weighted by atomic mass is 9.97. The van der Waals surface area contributed by atoms with E-state index in [-0.39, 0.29) is 0 Å². The molecule has 5 nitrogen and oxygen atoms in total. The van der Waals surface area contributed by atoms with Gasteiger partial charge in [-0.1, -0.05) is 11.6 Å². The number of piperazine rings is 1. The maximum absolute atomic E-state index is 6.21. The second-order valence-electron chi connectivity index (χ2n) is 6.85. The Labute approximate surface area is 148 Å². The first-order valence-electron chi connectivity index (χ1n) is 8.56. The molecule has 4 rings (SSSR count). The predicted molar refractivity (Wildman–Crippen MR) is 99.4 cm³/mol. The Kier molecular flexibility index (Phi) is 4.14. The van der Waals surface area contributed by atoms with Crippen molar-refractivity contribution in [3.05, 3.63) is 28.8 Å². The van der Waals surface area contributed by atoms with E-state index in [1.54, 1.807) is 0 Å². The monoisotopic (exact) mass is 344 g/mol. The third-order valence-corrected chi connectivity index (χ3v) is 5.41. The van der Waals surface area contributed by atoms with Gasteiger partial charge in [-0.15, -0.1) is 0 Å². The van der Waals surface area contributed by atoms with Gasteiger partial charge in [0.15, 0.2) is 11.9 Å². The van der Waals surface area contributed by atoms with Crippen LogP contribution in [0.15, 0.2) is 28.2 Å². The molecule has 6 heteroatoms. The summed E-state index contributed by atoms with van der Waals surface area (Å²) in [6, 6.07) is 6.33. The molecule has 1 unspecified atom stereocenters. The molecular weight excluding hydrogens is 322 g/mol. The fourth-order valence-corrected chi connectivity index (χ4v) is 3.83. The topological polar surface area (TPSA) is 34.2 Å². The Morgan fingerprint density at radius 1 is 1.21 bits per heavy atom. The Hall–Kier alpha value is -1.72. The maximum atomic E-state index is 6.21. The van der Waals surface area contributed by atoms with Crippen molar-refractivity contribution in [1.82, 2.24) is 9.80 Å². The summed E-state index contributed by atoms with van der Waals surface area (Å²) in [4.78, 5) is 14.5. The van der Waals surface area contributed by atoms with E-state index < -0.39 is 0 Å². The molecule has 24 heavy (non-hydrogen) atoms. The van der Waals surface area contributed by atoms with Crippen molar-refractivity contribution in [2.24, 2.45) is 9.98 Å². The zero-order valence-electron chi connectivity index (χ0n) is 14.2. The minimum atomic E-state index is 0.301. The van der Waals surface area contributed by atoms with Crippen molar-refractivity contribution in [2.45, 2.75) is 18.9 Å². The molecule has 0 spiro atoms. The van der Waals surface area contributed by atoms with Crippen molar-refractivity contribution in [3.63, 3.8) is 0 Å². The molecule has 1 fully saturated rings. The van der Waals surface area contributed by atoms with Gasteiger partial charge in [0.1, 0.15) is 0 Å². The first-order chi connectivity index (χ1) is 11.6. The van der Waals surface area contributed by atoms with E-state index in [1.165, 1.54) is 5.56 Å². The van der Waals surface area contributed by atoms with E-state index in [9.17, 15) is 0 Å². The predicted octanol–water partition coefficient (Wildman–Crippen LogP) is 2.06. The Morgan fingerprint density at radius 2 is 2.00 bits per heavy atom. The highest BCUT2D eigenvalue weighted by atomic mass is 35.5. The van der Waals surface area contributed by atoms with Crippen LogP contribution in [0.25, 0.3) is 0 Å². The molecule has 1 atom stereocenters. The van der Waals surface area contributed by atoms with Crippen LogP contribution in [0.3, 0.4) is 0 Å². The third-order valence-electron chi connectivity index (χ3n) is 5.17. The van der Waals surface area contributed by atoms with Crippen LogP contribution in [0, 0.1) is 0 Å². The molecule has 0 N–H and O–H groups in total. The Bertz CT molecular complexity index is 744. The average molecular weight is 345 g/mol. The highest BCUT2D eigenvalue weighted by Crippen LogP contribution is 2.29. The maximum Gasteiger partial charge on any atom is 0.282 e. The zero-order chi connectivity index (χ0) is 16.7. The van der Waals surface area contributed by atoms with E-state index >= 15 is 0 Å². The summed E-state index contributed by atoms with van der Waals surface area (Å²) in [7, 11) is 4.27. The van der Waals surface area contributed by atoms with Crippen LogP contribution in [0.4, 0.5) is 5.69 Å². The number of halogens is 1. The lowest BCUT2D eigenvalue weighted by molar-refractivity contribution is -0.512. The van der Waals surface area contributed by atoms with Crippen LogP contribution in [-0.4, -0.2) is 78.6 Å². The average Bonchev–Trinajstić information content (AvgIpc) is 2.91. The van der Waals surface area contributed by atoms with Gasteiger partial charge in [0, 0.05) is 37.6 Å². The van der Waals surface area contributed by atoms with Crippen molar-refractivity contribution >= 4 is 35.2 Å². The highest BCUT2D eigenvalue weighted by molar-refractivity contribution is 6.45. The number of nitrogens with zero attached hydrogens (tertiary/aromatic N) is 5. The Morgan fingerprint density at radius 3 is 2.79 bits per heavy atom. The summed E-state index contributed by atoms with van der Waals surface area (Å²) in [6.07, 6.45) is 3.94. The molecule has 3 aliphatic heterocycles. The molecule has 0 aliphatic carbocycles. The summed E-state index contributed by atoms with van der Waals surface area (Å²) in [5.74, 6) is 1.04. The zero-order valence-corrected chi connectivity index (χ0v) is 15.0. The van der Waals surface area contributed by atoms with E-state index in [2.05, 4.69) is 34.5 Å². The van der Waals surface area contributed by atoms with Gasteiger partial charge in [-0.25, -0.2) is 4.99 Å². The number of hydrogen-bond acceptors (Lipinski definition) is 4. The van der Waals surface area contributed by atoms with Gasteiger partial charge in [-0.3, -0.25) is 4.58 Å². The normalized spacial score (nSPS) is 24.4. The van der Waals surface area contributed by atoms with Gasteiger partial charge in [0.2, 0.25) is 5.71 Å². The number of rotatable bonds is 0. The van der Waals surface area contributed by atoms with E-state index in [4.69, 9.17) is 21.6 Å². The minimum Gasteiger partial charge on any atom is -0.351 e.